The standard InChI is InChI=1S/C23H23NO3/c1-14-6-5-9-20(16(14)3)27-18-12-10-17(11-13-18)24-22(25)19-8-4-7-15(2)21(19)23(24)26/h4-7,9-13,15,19,21H,8H2,1-3H3/t15-,19+,21-/m0/s1. The van der Waals surface area contributed by atoms with Gasteiger partial charge >= 0.3 is 0 Å². The molecule has 0 spiro atoms. The summed E-state index contributed by atoms with van der Waals surface area (Å²) in [4.78, 5) is 27.0. The van der Waals surface area contributed by atoms with Crippen LogP contribution >= 0.6 is 0 Å². The van der Waals surface area contributed by atoms with Crippen LogP contribution in [0.25, 0.3) is 0 Å². The number of aryl methyl sites for hydroxylation is 1. The monoisotopic (exact) mass is 361 g/mol. The molecule has 138 valence electrons. The predicted octanol–water partition coefficient (Wildman–Crippen LogP) is 4.80. The van der Waals surface area contributed by atoms with Gasteiger partial charge < -0.3 is 4.74 Å². The third-order valence-corrected chi connectivity index (χ3v) is 5.75. The minimum Gasteiger partial charge on any atom is -0.457 e. The number of amides is 2. The maximum Gasteiger partial charge on any atom is 0.238 e. The van der Waals surface area contributed by atoms with Crippen LogP contribution in [0, 0.1) is 31.6 Å². The molecule has 0 radical (unpaired) electrons. The number of hydrogen-bond acceptors (Lipinski definition) is 3. The molecular weight excluding hydrogens is 338 g/mol. The average molecular weight is 361 g/mol. The first-order valence-electron chi connectivity index (χ1n) is 9.36. The average Bonchev–Trinajstić information content (AvgIpc) is 2.92. The lowest BCUT2D eigenvalue weighted by atomic mass is 9.78. The van der Waals surface area contributed by atoms with Crippen molar-refractivity contribution in [1.29, 1.82) is 0 Å². The molecule has 1 aliphatic carbocycles. The van der Waals surface area contributed by atoms with Gasteiger partial charge in [-0.1, -0.05) is 31.2 Å². The van der Waals surface area contributed by atoms with Crippen molar-refractivity contribution >= 4 is 17.5 Å². The fraction of sp³-hybridized carbons (Fsp3) is 0.304. The van der Waals surface area contributed by atoms with E-state index in [0.717, 1.165) is 11.3 Å². The van der Waals surface area contributed by atoms with Crippen LogP contribution < -0.4 is 9.64 Å². The first kappa shape index (κ1) is 17.5. The summed E-state index contributed by atoms with van der Waals surface area (Å²) in [6.07, 6.45) is 4.70. The molecular formula is C23H23NO3. The van der Waals surface area contributed by atoms with Gasteiger partial charge in [0.1, 0.15) is 11.5 Å². The summed E-state index contributed by atoms with van der Waals surface area (Å²) in [7, 11) is 0. The Morgan fingerprint density at radius 3 is 2.44 bits per heavy atom. The van der Waals surface area contributed by atoms with E-state index in [1.54, 1.807) is 24.3 Å². The number of imide groups is 1. The number of benzene rings is 2. The minimum absolute atomic E-state index is 0.0925. The fourth-order valence-electron chi connectivity index (χ4n) is 4.03. The normalized spacial score (nSPS) is 24.3. The molecule has 0 N–H and O–H groups in total. The molecule has 4 nitrogen and oxygen atoms in total. The number of hydrogen-bond donors (Lipinski definition) is 0. The van der Waals surface area contributed by atoms with Crippen molar-refractivity contribution in [3.8, 4) is 11.5 Å². The van der Waals surface area contributed by atoms with Crippen LogP contribution in [-0.2, 0) is 9.59 Å². The zero-order valence-corrected chi connectivity index (χ0v) is 15.8. The van der Waals surface area contributed by atoms with Crippen molar-refractivity contribution in [1.82, 2.24) is 0 Å². The van der Waals surface area contributed by atoms with Gasteiger partial charge in [0.2, 0.25) is 11.8 Å². The van der Waals surface area contributed by atoms with Crippen molar-refractivity contribution in [2.24, 2.45) is 17.8 Å². The minimum atomic E-state index is -0.242. The van der Waals surface area contributed by atoms with Crippen molar-refractivity contribution < 1.29 is 14.3 Å². The second-order valence-corrected chi connectivity index (χ2v) is 7.46. The Labute approximate surface area is 159 Å². The molecule has 1 fully saturated rings. The number of fused-ring (bicyclic) bond motifs is 1. The fourth-order valence-corrected chi connectivity index (χ4v) is 4.03. The molecule has 0 saturated carbocycles. The molecule has 2 amide bonds. The van der Waals surface area contributed by atoms with E-state index in [1.807, 2.05) is 51.1 Å². The zero-order chi connectivity index (χ0) is 19.1. The SMILES string of the molecule is Cc1cccc(Oc2ccc(N3C(=O)[C@H]4[C@@H](C)C=CC[C@H]4C3=O)cc2)c1C. The molecule has 2 aromatic rings. The summed E-state index contributed by atoms with van der Waals surface area (Å²) in [5, 5.41) is 0. The maximum atomic E-state index is 12.9. The second kappa shape index (κ2) is 6.69. The van der Waals surface area contributed by atoms with Gasteiger partial charge in [-0.15, -0.1) is 0 Å². The van der Waals surface area contributed by atoms with Crippen LogP contribution in [0.5, 0.6) is 11.5 Å². The van der Waals surface area contributed by atoms with Crippen molar-refractivity contribution in [2.45, 2.75) is 27.2 Å². The number of nitrogens with zero attached hydrogens (tertiary/aromatic N) is 1. The molecule has 0 aromatic heterocycles. The lowest BCUT2D eigenvalue weighted by Gasteiger charge is -2.22. The summed E-state index contributed by atoms with van der Waals surface area (Å²) in [5.41, 5.74) is 2.87. The Morgan fingerprint density at radius 2 is 1.74 bits per heavy atom. The molecule has 1 aliphatic heterocycles. The van der Waals surface area contributed by atoms with E-state index in [9.17, 15) is 9.59 Å². The number of anilines is 1. The van der Waals surface area contributed by atoms with E-state index in [-0.39, 0.29) is 29.6 Å². The summed E-state index contributed by atoms with van der Waals surface area (Å²) < 4.78 is 5.97. The van der Waals surface area contributed by atoms with Crippen LogP contribution in [0.15, 0.2) is 54.6 Å². The van der Waals surface area contributed by atoms with Gasteiger partial charge in [-0.25, -0.2) is 0 Å². The molecule has 1 saturated heterocycles. The number of carbonyl (C=O) groups excluding carboxylic acids is 2. The molecule has 4 heteroatoms. The van der Waals surface area contributed by atoms with E-state index < -0.39 is 0 Å². The van der Waals surface area contributed by atoms with E-state index in [1.165, 1.54) is 10.5 Å². The summed E-state index contributed by atoms with van der Waals surface area (Å²) in [6.45, 7) is 6.08. The van der Waals surface area contributed by atoms with Gasteiger partial charge in [-0.3, -0.25) is 14.5 Å². The largest absolute Gasteiger partial charge is 0.457 e. The van der Waals surface area contributed by atoms with Crippen LogP contribution in [0.4, 0.5) is 5.69 Å². The van der Waals surface area contributed by atoms with Crippen LogP contribution in [0.1, 0.15) is 24.5 Å². The highest BCUT2D eigenvalue weighted by molar-refractivity contribution is 6.22. The molecule has 2 aliphatic rings. The van der Waals surface area contributed by atoms with Gasteiger partial charge in [-0.05, 0) is 67.6 Å². The Bertz CT molecular complexity index is 929. The topological polar surface area (TPSA) is 46.6 Å². The van der Waals surface area contributed by atoms with Gasteiger partial charge in [0.25, 0.3) is 0 Å². The third-order valence-electron chi connectivity index (χ3n) is 5.75. The molecule has 1 heterocycles. The Hall–Kier alpha value is -2.88. The van der Waals surface area contributed by atoms with E-state index in [2.05, 4.69) is 0 Å². The molecule has 3 atom stereocenters. The lowest BCUT2D eigenvalue weighted by Crippen LogP contribution is -2.31. The highest BCUT2D eigenvalue weighted by Crippen LogP contribution is 2.40. The number of ether oxygens (including phenoxy) is 1. The molecule has 0 bridgehead atoms. The quantitative estimate of drug-likeness (QED) is 0.583. The van der Waals surface area contributed by atoms with Crippen LogP contribution in [0.3, 0.4) is 0 Å². The summed E-state index contributed by atoms with van der Waals surface area (Å²) in [5.74, 6) is 0.921. The highest BCUT2D eigenvalue weighted by Gasteiger charge is 2.50. The number of allylic oxidation sites excluding steroid dienone is 2. The summed E-state index contributed by atoms with van der Waals surface area (Å²) in [6, 6.07) is 13.1. The van der Waals surface area contributed by atoms with Crippen molar-refractivity contribution in [2.75, 3.05) is 4.90 Å². The first-order valence-corrected chi connectivity index (χ1v) is 9.36. The number of carbonyl (C=O) groups is 2. The van der Waals surface area contributed by atoms with Crippen molar-refractivity contribution in [3.05, 3.63) is 65.7 Å². The highest BCUT2D eigenvalue weighted by atomic mass is 16.5. The Kier molecular flexibility index (Phi) is 4.34. The predicted molar refractivity (Wildman–Crippen MR) is 105 cm³/mol. The lowest BCUT2D eigenvalue weighted by molar-refractivity contribution is -0.122. The first-order chi connectivity index (χ1) is 13.0. The molecule has 2 aromatic carbocycles. The second-order valence-electron chi connectivity index (χ2n) is 7.46. The van der Waals surface area contributed by atoms with E-state index >= 15 is 0 Å². The maximum absolute atomic E-state index is 12.9. The van der Waals surface area contributed by atoms with Gasteiger partial charge in [0.15, 0.2) is 0 Å². The summed E-state index contributed by atoms with van der Waals surface area (Å²) >= 11 is 0. The Morgan fingerprint density at radius 1 is 1.00 bits per heavy atom. The molecule has 27 heavy (non-hydrogen) atoms. The van der Waals surface area contributed by atoms with E-state index in [4.69, 9.17) is 4.74 Å². The molecule has 4 rings (SSSR count). The van der Waals surface area contributed by atoms with Gasteiger partial charge in [0.05, 0.1) is 17.5 Å². The van der Waals surface area contributed by atoms with E-state index in [0.29, 0.717) is 17.9 Å². The molecule has 0 unspecified atom stereocenters. The number of rotatable bonds is 3. The van der Waals surface area contributed by atoms with Crippen LogP contribution in [0.2, 0.25) is 0 Å². The van der Waals surface area contributed by atoms with Crippen molar-refractivity contribution in [3.63, 3.8) is 0 Å². The van der Waals surface area contributed by atoms with Gasteiger partial charge in [-0.2, -0.15) is 0 Å². The third kappa shape index (κ3) is 2.95. The Balaban J connectivity index is 1.57. The van der Waals surface area contributed by atoms with Crippen LogP contribution in [-0.4, -0.2) is 11.8 Å². The van der Waals surface area contributed by atoms with Gasteiger partial charge in [0, 0.05) is 0 Å². The smallest absolute Gasteiger partial charge is 0.238 e. The zero-order valence-electron chi connectivity index (χ0n) is 15.8.